The van der Waals surface area contributed by atoms with Gasteiger partial charge in [-0.3, -0.25) is 14.4 Å². The average Bonchev–Trinajstić information content (AvgIpc) is 2.74. The first-order valence-electron chi connectivity index (χ1n) is 9.43. The minimum atomic E-state index is -4.46. The monoisotopic (exact) mass is 453 g/mol. The number of primary amides is 1. The quantitative estimate of drug-likeness (QED) is 0.734. The predicted molar refractivity (Wildman–Crippen MR) is 109 cm³/mol. The number of nitrogens with two attached hydrogens (primary N) is 1. The maximum absolute atomic E-state index is 12.7. The molecule has 164 valence electrons. The van der Waals surface area contributed by atoms with Crippen LogP contribution in [-0.2, 0) is 11.0 Å². The van der Waals surface area contributed by atoms with E-state index >= 15 is 0 Å². The van der Waals surface area contributed by atoms with Gasteiger partial charge in [0.15, 0.2) is 0 Å². The SMILES string of the molecule is NC(=O)c1cc(NC(=O)C2CCN(C(=O)c3ccc(C(F)(F)F)cc3)CC2)ccc1Cl. The van der Waals surface area contributed by atoms with Crippen LogP contribution in [0.2, 0.25) is 5.02 Å². The number of nitrogens with one attached hydrogen (secondary N) is 1. The molecule has 3 amide bonds. The van der Waals surface area contributed by atoms with Crippen LogP contribution in [0, 0.1) is 5.92 Å². The Bertz CT molecular complexity index is 1000. The van der Waals surface area contributed by atoms with Crippen LogP contribution >= 0.6 is 11.6 Å². The Labute approximate surface area is 181 Å². The smallest absolute Gasteiger partial charge is 0.366 e. The van der Waals surface area contributed by atoms with E-state index in [9.17, 15) is 27.6 Å². The second-order valence-electron chi connectivity index (χ2n) is 7.19. The summed E-state index contributed by atoms with van der Waals surface area (Å²) in [5.41, 5.74) is 5.07. The van der Waals surface area contributed by atoms with Gasteiger partial charge in [0.2, 0.25) is 11.8 Å². The molecule has 0 spiro atoms. The number of carbonyl (C=O) groups excluding carboxylic acids is 3. The Balaban J connectivity index is 1.58. The van der Waals surface area contributed by atoms with Gasteiger partial charge in [0.1, 0.15) is 0 Å². The molecule has 1 fully saturated rings. The number of carbonyl (C=O) groups is 3. The van der Waals surface area contributed by atoms with Crippen molar-refractivity contribution in [3.63, 3.8) is 0 Å². The van der Waals surface area contributed by atoms with Gasteiger partial charge < -0.3 is 16.0 Å². The number of likely N-dealkylation sites (tertiary alicyclic amines) is 1. The Morgan fingerprint density at radius 1 is 1.03 bits per heavy atom. The summed E-state index contributed by atoms with van der Waals surface area (Å²) >= 11 is 5.90. The largest absolute Gasteiger partial charge is 0.416 e. The van der Waals surface area contributed by atoms with Crippen LogP contribution in [0.15, 0.2) is 42.5 Å². The first-order valence-corrected chi connectivity index (χ1v) is 9.81. The number of benzene rings is 2. The highest BCUT2D eigenvalue weighted by Gasteiger charge is 2.31. The standard InChI is InChI=1S/C21H19ClF3N3O3/c22-17-6-5-15(11-16(17)18(26)29)27-19(30)12-7-9-28(10-8-12)20(31)13-1-3-14(4-2-13)21(23,24)25/h1-6,11-12H,7-10H2,(H2,26,29)(H,27,30). The molecule has 6 nitrogen and oxygen atoms in total. The molecule has 31 heavy (non-hydrogen) atoms. The topological polar surface area (TPSA) is 92.5 Å². The number of amides is 3. The van der Waals surface area contributed by atoms with Crippen molar-refractivity contribution in [2.45, 2.75) is 19.0 Å². The van der Waals surface area contributed by atoms with E-state index in [4.69, 9.17) is 17.3 Å². The summed E-state index contributed by atoms with van der Waals surface area (Å²) in [6.45, 7) is 0.593. The number of rotatable bonds is 4. The normalized spacial score (nSPS) is 14.9. The second kappa shape index (κ2) is 8.97. The third-order valence-electron chi connectivity index (χ3n) is 5.11. The number of piperidine rings is 1. The zero-order chi connectivity index (χ0) is 22.8. The first kappa shape index (κ1) is 22.6. The highest BCUT2D eigenvalue weighted by atomic mass is 35.5. The second-order valence-corrected chi connectivity index (χ2v) is 7.60. The molecule has 0 saturated carbocycles. The van der Waals surface area contributed by atoms with Gasteiger partial charge in [-0.25, -0.2) is 0 Å². The number of alkyl halides is 3. The summed E-state index contributed by atoms with van der Waals surface area (Å²) in [6.07, 6.45) is -3.67. The number of hydrogen-bond acceptors (Lipinski definition) is 3. The molecule has 0 unspecified atom stereocenters. The lowest BCUT2D eigenvalue weighted by molar-refractivity contribution is -0.137. The Hall–Kier alpha value is -3.07. The molecule has 0 radical (unpaired) electrons. The first-order chi connectivity index (χ1) is 14.6. The minimum absolute atomic E-state index is 0.0939. The minimum Gasteiger partial charge on any atom is -0.366 e. The maximum atomic E-state index is 12.7. The zero-order valence-corrected chi connectivity index (χ0v) is 17.0. The summed E-state index contributed by atoms with van der Waals surface area (Å²) in [7, 11) is 0. The van der Waals surface area contributed by atoms with Crippen molar-refractivity contribution in [3.05, 3.63) is 64.2 Å². The Morgan fingerprint density at radius 3 is 2.19 bits per heavy atom. The summed E-state index contributed by atoms with van der Waals surface area (Å²) in [5, 5.41) is 2.90. The van der Waals surface area contributed by atoms with Crippen molar-refractivity contribution in [1.82, 2.24) is 4.90 Å². The number of halogens is 4. The molecule has 0 atom stereocenters. The Morgan fingerprint density at radius 2 is 1.65 bits per heavy atom. The predicted octanol–water partition coefficient (Wildman–Crippen LogP) is 3.95. The van der Waals surface area contributed by atoms with Crippen molar-refractivity contribution in [3.8, 4) is 0 Å². The van der Waals surface area contributed by atoms with Crippen molar-refractivity contribution in [1.29, 1.82) is 0 Å². The average molecular weight is 454 g/mol. The van der Waals surface area contributed by atoms with E-state index in [0.717, 1.165) is 24.3 Å². The fraction of sp³-hybridized carbons (Fsp3) is 0.286. The van der Waals surface area contributed by atoms with Crippen molar-refractivity contribution >= 4 is 35.0 Å². The lowest BCUT2D eigenvalue weighted by atomic mass is 9.95. The highest BCUT2D eigenvalue weighted by molar-refractivity contribution is 6.34. The van der Waals surface area contributed by atoms with E-state index < -0.39 is 17.6 Å². The van der Waals surface area contributed by atoms with Gasteiger partial charge in [-0.15, -0.1) is 0 Å². The number of anilines is 1. The van der Waals surface area contributed by atoms with Gasteiger partial charge >= 0.3 is 6.18 Å². The van der Waals surface area contributed by atoms with E-state index in [0.29, 0.717) is 31.6 Å². The molecule has 2 aromatic carbocycles. The van der Waals surface area contributed by atoms with Gasteiger partial charge in [-0.05, 0) is 55.3 Å². The fourth-order valence-electron chi connectivity index (χ4n) is 3.37. The zero-order valence-electron chi connectivity index (χ0n) is 16.2. The van der Waals surface area contributed by atoms with Crippen LogP contribution in [0.1, 0.15) is 39.1 Å². The molecule has 3 rings (SSSR count). The molecule has 0 bridgehead atoms. The lowest BCUT2D eigenvalue weighted by Gasteiger charge is -2.31. The van der Waals surface area contributed by atoms with E-state index in [1.54, 1.807) is 6.07 Å². The molecule has 10 heteroatoms. The molecule has 0 aliphatic carbocycles. The molecule has 3 N–H and O–H groups in total. The van der Waals surface area contributed by atoms with Crippen molar-refractivity contribution in [2.75, 3.05) is 18.4 Å². The van der Waals surface area contributed by atoms with Gasteiger partial charge in [0.25, 0.3) is 5.91 Å². The molecule has 1 aliphatic rings. The maximum Gasteiger partial charge on any atom is 0.416 e. The van der Waals surface area contributed by atoms with Gasteiger partial charge in [0, 0.05) is 30.3 Å². The van der Waals surface area contributed by atoms with E-state index in [-0.39, 0.29) is 33.9 Å². The van der Waals surface area contributed by atoms with Gasteiger partial charge in [-0.2, -0.15) is 13.2 Å². The van der Waals surface area contributed by atoms with E-state index in [1.165, 1.54) is 17.0 Å². The highest BCUT2D eigenvalue weighted by Crippen LogP contribution is 2.29. The summed E-state index contributed by atoms with van der Waals surface area (Å²) in [6, 6.07) is 8.46. The third kappa shape index (κ3) is 5.35. The lowest BCUT2D eigenvalue weighted by Crippen LogP contribution is -2.41. The summed E-state index contributed by atoms with van der Waals surface area (Å²) in [5.74, 6) is -1.71. The number of nitrogens with zero attached hydrogens (tertiary/aromatic N) is 1. The van der Waals surface area contributed by atoms with E-state index in [1.807, 2.05) is 0 Å². The van der Waals surface area contributed by atoms with Crippen LogP contribution in [0.4, 0.5) is 18.9 Å². The third-order valence-corrected chi connectivity index (χ3v) is 5.44. The summed E-state index contributed by atoms with van der Waals surface area (Å²) < 4.78 is 38.0. The van der Waals surface area contributed by atoms with Crippen LogP contribution in [0.5, 0.6) is 0 Å². The Kier molecular flexibility index (Phi) is 6.54. The van der Waals surface area contributed by atoms with Crippen LogP contribution in [0.25, 0.3) is 0 Å². The van der Waals surface area contributed by atoms with Gasteiger partial charge in [0.05, 0.1) is 16.1 Å². The fourth-order valence-corrected chi connectivity index (χ4v) is 3.58. The van der Waals surface area contributed by atoms with Crippen molar-refractivity contribution in [2.24, 2.45) is 11.7 Å². The number of hydrogen-bond donors (Lipinski definition) is 2. The molecule has 1 heterocycles. The van der Waals surface area contributed by atoms with Gasteiger partial charge in [-0.1, -0.05) is 11.6 Å². The molecule has 1 saturated heterocycles. The van der Waals surface area contributed by atoms with Crippen LogP contribution in [0.3, 0.4) is 0 Å². The summed E-state index contributed by atoms with van der Waals surface area (Å²) in [4.78, 5) is 38.0. The molecular weight excluding hydrogens is 435 g/mol. The van der Waals surface area contributed by atoms with Crippen LogP contribution < -0.4 is 11.1 Å². The molecule has 2 aromatic rings. The molecule has 0 aromatic heterocycles. The van der Waals surface area contributed by atoms with Crippen molar-refractivity contribution < 1.29 is 27.6 Å². The molecule has 1 aliphatic heterocycles. The molecular formula is C21H19ClF3N3O3. The van der Waals surface area contributed by atoms with E-state index in [2.05, 4.69) is 5.32 Å². The van der Waals surface area contributed by atoms with Crippen LogP contribution in [-0.4, -0.2) is 35.7 Å².